The molecule has 0 bridgehead atoms. The topological polar surface area (TPSA) is 66.8 Å². The van der Waals surface area contributed by atoms with E-state index in [0.717, 1.165) is 12.1 Å². The number of nitrogens with zero attached hydrogens (tertiary/aromatic N) is 1. The molecule has 1 heterocycles. The van der Waals surface area contributed by atoms with E-state index in [1.807, 2.05) is 0 Å². The molecule has 0 aliphatic carbocycles. The Hall–Kier alpha value is -3.03. The number of aliphatic carboxylic acids is 1. The Morgan fingerprint density at radius 3 is 2.37 bits per heavy atom. The van der Waals surface area contributed by atoms with Gasteiger partial charge in [0.1, 0.15) is 11.5 Å². The Morgan fingerprint density at radius 1 is 1.07 bits per heavy atom. The van der Waals surface area contributed by atoms with Crippen molar-refractivity contribution in [3.05, 3.63) is 59.7 Å². The molecular formula is C19H16F3NO4. The van der Waals surface area contributed by atoms with Crippen LogP contribution in [0, 0.1) is 5.92 Å². The van der Waals surface area contributed by atoms with E-state index in [4.69, 9.17) is 9.84 Å². The summed E-state index contributed by atoms with van der Waals surface area (Å²) >= 11 is 0. The third kappa shape index (κ3) is 4.39. The number of alkyl halides is 3. The zero-order valence-electron chi connectivity index (χ0n) is 14.1. The van der Waals surface area contributed by atoms with Crippen molar-refractivity contribution in [1.29, 1.82) is 0 Å². The fraction of sp³-hybridized carbons (Fsp3) is 0.263. The Bertz CT molecular complexity index is 866. The fourth-order valence-electron chi connectivity index (χ4n) is 2.89. The van der Waals surface area contributed by atoms with Gasteiger partial charge in [0.2, 0.25) is 0 Å². The predicted octanol–water partition coefficient (Wildman–Crippen LogP) is 4.04. The first-order valence-electron chi connectivity index (χ1n) is 8.21. The van der Waals surface area contributed by atoms with Gasteiger partial charge in [-0.1, -0.05) is 12.1 Å². The quantitative estimate of drug-likeness (QED) is 0.871. The Labute approximate surface area is 153 Å². The molecule has 0 radical (unpaired) electrons. The van der Waals surface area contributed by atoms with Gasteiger partial charge in [0.25, 0.3) is 5.91 Å². The molecule has 1 amide bonds. The minimum Gasteiger partial charge on any atom is -0.481 e. The Morgan fingerprint density at radius 2 is 1.74 bits per heavy atom. The molecule has 8 heteroatoms. The summed E-state index contributed by atoms with van der Waals surface area (Å²) < 4.78 is 43.8. The third-order valence-electron chi connectivity index (χ3n) is 4.30. The van der Waals surface area contributed by atoms with E-state index in [2.05, 4.69) is 0 Å². The lowest BCUT2D eigenvalue weighted by molar-refractivity contribution is -0.141. The van der Waals surface area contributed by atoms with E-state index in [1.54, 1.807) is 12.1 Å². The molecule has 1 saturated heterocycles. The predicted molar refractivity (Wildman–Crippen MR) is 89.6 cm³/mol. The number of hydrogen-bond donors (Lipinski definition) is 1. The minimum absolute atomic E-state index is 0.00142. The first-order valence-corrected chi connectivity index (χ1v) is 8.21. The molecule has 0 aromatic heterocycles. The van der Waals surface area contributed by atoms with Crippen LogP contribution in [-0.4, -0.2) is 35.0 Å². The highest BCUT2D eigenvalue weighted by atomic mass is 19.4. The molecule has 3 rings (SSSR count). The molecule has 2 aromatic rings. The van der Waals surface area contributed by atoms with Gasteiger partial charge in [0.05, 0.1) is 11.5 Å². The summed E-state index contributed by atoms with van der Waals surface area (Å²) in [6.07, 6.45) is -4.09. The Kier molecular flexibility index (Phi) is 5.07. The SMILES string of the molecule is O=C(O)C1CCN(C(=O)c2cccc(Oc3cccc(C(F)(F)F)c3)c2)C1. The summed E-state index contributed by atoms with van der Waals surface area (Å²) in [7, 11) is 0. The zero-order chi connectivity index (χ0) is 19.6. The highest BCUT2D eigenvalue weighted by molar-refractivity contribution is 5.95. The van der Waals surface area contributed by atoms with Gasteiger partial charge in [-0.05, 0) is 42.8 Å². The van der Waals surface area contributed by atoms with Gasteiger partial charge in [0, 0.05) is 18.7 Å². The first kappa shape index (κ1) is 18.8. The van der Waals surface area contributed by atoms with Crippen LogP contribution in [0.25, 0.3) is 0 Å². The van der Waals surface area contributed by atoms with Gasteiger partial charge >= 0.3 is 12.1 Å². The number of rotatable bonds is 4. The molecule has 1 aliphatic rings. The third-order valence-corrected chi connectivity index (χ3v) is 4.30. The van der Waals surface area contributed by atoms with Crippen LogP contribution in [0.4, 0.5) is 13.2 Å². The van der Waals surface area contributed by atoms with Crippen molar-refractivity contribution in [2.24, 2.45) is 5.92 Å². The molecule has 2 aromatic carbocycles. The molecule has 1 unspecified atom stereocenters. The van der Waals surface area contributed by atoms with E-state index in [0.29, 0.717) is 13.0 Å². The number of halogens is 3. The normalized spacial score (nSPS) is 17.0. The number of likely N-dealkylation sites (tertiary alicyclic amines) is 1. The summed E-state index contributed by atoms with van der Waals surface area (Å²) in [6.45, 7) is 0.474. The van der Waals surface area contributed by atoms with E-state index >= 15 is 0 Å². The van der Waals surface area contributed by atoms with Crippen LogP contribution in [0.3, 0.4) is 0 Å². The van der Waals surface area contributed by atoms with E-state index in [1.165, 1.54) is 29.2 Å². The van der Waals surface area contributed by atoms with Crippen LogP contribution in [0.2, 0.25) is 0 Å². The molecule has 1 fully saturated rings. The number of benzene rings is 2. The van der Waals surface area contributed by atoms with Crippen molar-refractivity contribution in [3.8, 4) is 11.5 Å². The lowest BCUT2D eigenvalue weighted by Gasteiger charge is -2.16. The van der Waals surface area contributed by atoms with Gasteiger partial charge in [0.15, 0.2) is 0 Å². The average molecular weight is 379 g/mol. The van der Waals surface area contributed by atoms with Crippen molar-refractivity contribution in [1.82, 2.24) is 4.90 Å². The molecule has 5 nitrogen and oxygen atoms in total. The number of carbonyl (C=O) groups excluding carboxylic acids is 1. The molecule has 1 N–H and O–H groups in total. The van der Waals surface area contributed by atoms with E-state index in [9.17, 15) is 22.8 Å². The van der Waals surface area contributed by atoms with Crippen LogP contribution in [-0.2, 0) is 11.0 Å². The summed E-state index contributed by atoms with van der Waals surface area (Å²) in [5, 5.41) is 9.03. The number of ether oxygens (including phenoxy) is 1. The monoisotopic (exact) mass is 379 g/mol. The summed E-state index contributed by atoms with van der Waals surface area (Å²) in [4.78, 5) is 25.0. The molecule has 27 heavy (non-hydrogen) atoms. The minimum atomic E-state index is -4.48. The second-order valence-corrected chi connectivity index (χ2v) is 6.23. The van der Waals surface area contributed by atoms with Crippen molar-refractivity contribution in [2.45, 2.75) is 12.6 Å². The number of hydrogen-bond acceptors (Lipinski definition) is 3. The maximum absolute atomic E-state index is 12.8. The summed E-state index contributed by atoms with van der Waals surface area (Å²) in [5.74, 6) is -1.64. The van der Waals surface area contributed by atoms with Crippen molar-refractivity contribution in [2.75, 3.05) is 13.1 Å². The largest absolute Gasteiger partial charge is 0.481 e. The van der Waals surface area contributed by atoms with Gasteiger partial charge < -0.3 is 14.7 Å². The number of carboxylic acid groups (broad SMARTS) is 1. The zero-order valence-corrected chi connectivity index (χ0v) is 14.1. The molecule has 142 valence electrons. The van der Waals surface area contributed by atoms with Gasteiger partial charge in [-0.15, -0.1) is 0 Å². The second kappa shape index (κ2) is 7.30. The number of amides is 1. The molecule has 0 spiro atoms. The highest BCUT2D eigenvalue weighted by Crippen LogP contribution is 2.33. The van der Waals surface area contributed by atoms with Gasteiger partial charge in [-0.3, -0.25) is 9.59 Å². The van der Waals surface area contributed by atoms with Gasteiger partial charge in [-0.2, -0.15) is 13.2 Å². The average Bonchev–Trinajstić information content (AvgIpc) is 3.11. The van der Waals surface area contributed by atoms with Crippen LogP contribution < -0.4 is 4.74 Å². The summed E-state index contributed by atoms with van der Waals surface area (Å²) in [5.41, 5.74) is -0.547. The van der Waals surface area contributed by atoms with Crippen molar-refractivity contribution < 1.29 is 32.6 Å². The van der Waals surface area contributed by atoms with Crippen LogP contribution in [0.15, 0.2) is 48.5 Å². The van der Waals surface area contributed by atoms with Crippen molar-refractivity contribution >= 4 is 11.9 Å². The Balaban J connectivity index is 1.75. The molecule has 1 aliphatic heterocycles. The first-order chi connectivity index (χ1) is 12.7. The lowest BCUT2D eigenvalue weighted by atomic mass is 10.1. The molecule has 0 saturated carbocycles. The van der Waals surface area contributed by atoms with Crippen LogP contribution in [0.5, 0.6) is 11.5 Å². The fourth-order valence-corrected chi connectivity index (χ4v) is 2.89. The van der Waals surface area contributed by atoms with Crippen LogP contribution >= 0.6 is 0 Å². The standard InChI is InChI=1S/C19H16F3NO4/c20-19(21,22)14-4-2-6-16(10-14)27-15-5-1-3-12(9-15)17(24)23-8-7-13(11-23)18(25)26/h1-6,9-10,13H,7-8,11H2,(H,25,26). The van der Waals surface area contributed by atoms with Gasteiger partial charge in [-0.25, -0.2) is 0 Å². The lowest BCUT2D eigenvalue weighted by Crippen LogP contribution is -2.29. The van der Waals surface area contributed by atoms with Crippen LogP contribution in [0.1, 0.15) is 22.3 Å². The highest BCUT2D eigenvalue weighted by Gasteiger charge is 2.32. The maximum Gasteiger partial charge on any atom is 0.416 e. The van der Waals surface area contributed by atoms with Crippen molar-refractivity contribution in [3.63, 3.8) is 0 Å². The van der Waals surface area contributed by atoms with E-state index < -0.39 is 23.6 Å². The smallest absolute Gasteiger partial charge is 0.416 e. The number of carbonyl (C=O) groups is 2. The number of carboxylic acids is 1. The summed E-state index contributed by atoms with van der Waals surface area (Å²) in [6, 6.07) is 10.5. The maximum atomic E-state index is 12.8. The molecular weight excluding hydrogens is 363 g/mol. The van der Waals surface area contributed by atoms with E-state index in [-0.39, 0.29) is 29.5 Å². The molecule has 1 atom stereocenters. The second-order valence-electron chi connectivity index (χ2n) is 6.23.